The lowest BCUT2D eigenvalue weighted by molar-refractivity contribution is 0.262. The Hall–Kier alpha value is -3.04. The van der Waals surface area contributed by atoms with E-state index in [9.17, 15) is 4.79 Å². The summed E-state index contributed by atoms with van der Waals surface area (Å²) in [6.07, 6.45) is 5.93. The second-order valence-electron chi connectivity index (χ2n) is 6.77. The molecule has 154 valence electrons. The lowest BCUT2D eigenvalue weighted by Crippen LogP contribution is -2.19. The largest absolute Gasteiger partial charge is 0.325 e. The fourth-order valence-electron chi connectivity index (χ4n) is 3.29. The minimum absolute atomic E-state index is 0.374. The van der Waals surface area contributed by atoms with Crippen molar-refractivity contribution in [2.24, 2.45) is 0 Å². The van der Waals surface area contributed by atoms with Gasteiger partial charge in [0, 0.05) is 5.69 Å². The summed E-state index contributed by atoms with van der Waals surface area (Å²) in [6.45, 7) is 0. The predicted octanol–water partition coefficient (Wildman–Crippen LogP) is 3.84. The highest BCUT2D eigenvalue weighted by atomic mass is 32.2. The maximum atomic E-state index is 12.2. The van der Waals surface area contributed by atoms with Gasteiger partial charge in [-0.3, -0.25) is 5.32 Å². The highest BCUT2D eigenvalue weighted by Crippen LogP contribution is 2.31. The zero-order valence-corrected chi connectivity index (χ0v) is 17.6. The SMILES string of the molecule is N#Cc1cccc(NC(=O)Nc2nnc(SCc3nnnn3C3CCCCC3)s2)c1. The Bertz CT molecular complexity index is 1050. The number of carbonyl (C=O) groups is 1. The number of carbonyl (C=O) groups excluding carboxylic acids is 1. The zero-order chi connectivity index (χ0) is 20.8. The molecule has 0 spiro atoms. The average molecular weight is 442 g/mol. The molecule has 12 heteroatoms. The summed E-state index contributed by atoms with van der Waals surface area (Å²) >= 11 is 2.77. The van der Waals surface area contributed by atoms with Crippen molar-refractivity contribution in [3.05, 3.63) is 35.7 Å². The van der Waals surface area contributed by atoms with E-state index in [0.717, 1.165) is 23.0 Å². The Balaban J connectivity index is 1.31. The smallest absolute Gasteiger partial charge is 0.308 e. The molecule has 0 bridgehead atoms. The van der Waals surface area contributed by atoms with Crippen LogP contribution in [0.15, 0.2) is 28.6 Å². The number of nitrogens with zero attached hydrogens (tertiary/aromatic N) is 7. The molecule has 3 aromatic rings. The van der Waals surface area contributed by atoms with Crippen molar-refractivity contribution < 1.29 is 4.79 Å². The van der Waals surface area contributed by atoms with Gasteiger partial charge >= 0.3 is 6.03 Å². The molecular weight excluding hydrogens is 422 g/mol. The molecule has 1 aromatic carbocycles. The van der Waals surface area contributed by atoms with Gasteiger partial charge < -0.3 is 5.32 Å². The molecule has 0 unspecified atom stereocenters. The topological polar surface area (TPSA) is 134 Å². The number of nitrogens with one attached hydrogen (secondary N) is 2. The Kier molecular flexibility index (Phi) is 6.50. The Morgan fingerprint density at radius 3 is 2.93 bits per heavy atom. The number of aromatic nitrogens is 6. The maximum Gasteiger partial charge on any atom is 0.325 e. The number of hydrogen-bond acceptors (Lipinski definition) is 9. The molecular formula is C18H19N9OS2. The second kappa shape index (κ2) is 9.64. The van der Waals surface area contributed by atoms with E-state index in [4.69, 9.17) is 5.26 Å². The van der Waals surface area contributed by atoms with Crippen molar-refractivity contribution in [3.8, 4) is 6.07 Å². The molecule has 10 nitrogen and oxygen atoms in total. The molecule has 2 aromatic heterocycles. The average Bonchev–Trinajstić information content (AvgIpc) is 3.42. The molecule has 2 N–H and O–H groups in total. The molecule has 1 fully saturated rings. The van der Waals surface area contributed by atoms with Crippen molar-refractivity contribution in [2.75, 3.05) is 10.6 Å². The van der Waals surface area contributed by atoms with Crippen LogP contribution in [-0.2, 0) is 5.75 Å². The molecule has 2 amide bonds. The fraction of sp³-hybridized carbons (Fsp3) is 0.389. The van der Waals surface area contributed by atoms with Crippen molar-refractivity contribution in [2.45, 2.75) is 48.2 Å². The van der Waals surface area contributed by atoms with Crippen molar-refractivity contribution >= 4 is 39.9 Å². The van der Waals surface area contributed by atoms with Gasteiger partial charge in [-0.15, -0.1) is 15.3 Å². The van der Waals surface area contributed by atoms with Gasteiger partial charge in [-0.25, -0.2) is 9.48 Å². The monoisotopic (exact) mass is 441 g/mol. The van der Waals surface area contributed by atoms with Crippen LogP contribution in [0.4, 0.5) is 15.6 Å². The summed E-state index contributed by atoms with van der Waals surface area (Å²) < 4.78 is 2.66. The van der Waals surface area contributed by atoms with E-state index in [1.54, 1.807) is 24.3 Å². The maximum absolute atomic E-state index is 12.2. The van der Waals surface area contributed by atoms with Crippen LogP contribution >= 0.6 is 23.1 Å². The first-order valence-corrected chi connectivity index (χ1v) is 11.3. The Morgan fingerprint density at radius 2 is 2.10 bits per heavy atom. The summed E-state index contributed by atoms with van der Waals surface area (Å²) in [6, 6.07) is 8.64. The minimum atomic E-state index is -0.445. The molecule has 0 aliphatic heterocycles. The van der Waals surface area contributed by atoms with Gasteiger partial charge in [0.15, 0.2) is 10.2 Å². The van der Waals surface area contributed by atoms with Crippen LogP contribution < -0.4 is 10.6 Å². The third kappa shape index (κ3) is 5.11. The minimum Gasteiger partial charge on any atom is -0.308 e. The Labute approximate surface area is 181 Å². The number of anilines is 2. The summed E-state index contributed by atoms with van der Waals surface area (Å²) in [4.78, 5) is 12.2. The molecule has 1 aliphatic rings. The van der Waals surface area contributed by atoms with Gasteiger partial charge in [0.25, 0.3) is 0 Å². The van der Waals surface area contributed by atoms with Gasteiger partial charge in [0.1, 0.15) is 0 Å². The molecule has 2 heterocycles. The molecule has 0 radical (unpaired) electrons. The predicted molar refractivity (Wildman–Crippen MR) is 113 cm³/mol. The van der Waals surface area contributed by atoms with Gasteiger partial charge in [0.2, 0.25) is 5.13 Å². The van der Waals surface area contributed by atoms with E-state index in [0.29, 0.717) is 28.2 Å². The number of benzene rings is 1. The molecule has 4 rings (SSSR count). The van der Waals surface area contributed by atoms with E-state index in [1.165, 1.54) is 42.4 Å². The number of tetrazole rings is 1. The lowest BCUT2D eigenvalue weighted by atomic mass is 9.96. The normalized spacial score (nSPS) is 14.2. The standard InChI is InChI=1S/C18H19N9OS2/c19-10-12-5-4-6-13(9-12)20-16(28)21-17-23-24-18(30-17)29-11-15-22-25-26-27(15)14-7-2-1-3-8-14/h4-6,9,14H,1-3,7-8,11H2,(H2,20,21,23,28). The molecule has 30 heavy (non-hydrogen) atoms. The summed E-state index contributed by atoms with van der Waals surface area (Å²) in [5, 5.41) is 34.9. The van der Waals surface area contributed by atoms with Gasteiger partial charge in [-0.05, 0) is 41.5 Å². The number of urea groups is 1. The van der Waals surface area contributed by atoms with E-state index < -0.39 is 6.03 Å². The number of hydrogen-bond donors (Lipinski definition) is 2. The van der Waals surface area contributed by atoms with Crippen LogP contribution in [0.1, 0.15) is 49.5 Å². The van der Waals surface area contributed by atoms with E-state index in [2.05, 4.69) is 36.4 Å². The third-order valence-electron chi connectivity index (χ3n) is 4.68. The summed E-state index contributed by atoms with van der Waals surface area (Å²) in [5.41, 5.74) is 0.998. The van der Waals surface area contributed by atoms with Gasteiger partial charge in [0.05, 0.1) is 23.4 Å². The highest BCUT2D eigenvalue weighted by molar-refractivity contribution is 8.00. The van der Waals surface area contributed by atoms with Crippen LogP contribution in [0.2, 0.25) is 0 Å². The molecule has 1 saturated carbocycles. The van der Waals surface area contributed by atoms with E-state index in [1.807, 2.05) is 10.8 Å². The first-order valence-electron chi connectivity index (χ1n) is 9.52. The first-order chi connectivity index (χ1) is 14.7. The van der Waals surface area contributed by atoms with Crippen molar-refractivity contribution in [1.82, 2.24) is 30.4 Å². The third-order valence-corrected chi connectivity index (χ3v) is 6.65. The van der Waals surface area contributed by atoms with Crippen LogP contribution in [0.25, 0.3) is 0 Å². The van der Waals surface area contributed by atoms with E-state index >= 15 is 0 Å². The highest BCUT2D eigenvalue weighted by Gasteiger charge is 2.20. The fourth-order valence-corrected chi connectivity index (χ4v) is 4.95. The van der Waals surface area contributed by atoms with Crippen LogP contribution in [0, 0.1) is 11.3 Å². The number of nitriles is 1. The summed E-state index contributed by atoms with van der Waals surface area (Å²) in [7, 11) is 0. The summed E-state index contributed by atoms with van der Waals surface area (Å²) in [5.74, 6) is 1.41. The van der Waals surface area contributed by atoms with Crippen LogP contribution in [0.3, 0.4) is 0 Å². The number of thioether (sulfide) groups is 1. The zero-order valence-electron chi connectivity index (χ0n) is 16.0. The molecule has 0 saturated heterocycles. The van der Waals surface area contributed by atoms with Crippen molar-refractivity contribution in [3.63, 3.8) is 0 Å². The number of amides is 2. The van der Waals surface area contributed by atoms with Gasteiger partial charge in [-0.1, -0.05) is 48.4 Å². The number of rotatable bonds is 6. The van der Waals surface area contributed by atoms with Crippen LogP contribution in [-0.4, -0.2) is 36.4 Å². The second-order valence-corrected chi connectivity index (χ2v) is 8.97. The first kappa shape index (κ1) is 20.2. The van der Waals surface area contributed by atoms with Crippen LogP contribution in [0.5, 0.6) is 0 Å². The van der Waals surface area contributed by atoms with E-state index in [-0.39, 0.29) is 0 Å². The molecule has 0 atom stereocenters. The molecule has 1 aliphatic carbocycles. The van der Waals surface area contributed by atoms with Crippen molar-refractivity contribution in [1.29, 1.82) is 5.26 Å². The quantitative estimate of drug-likeness (QED) is 0.435. The van der Waals surface area contributed by atoms with Gasteiger partial charge in [-0.2, -0.15) is 5.26 Å². The lowest BCUT2D eigenvalue weighted by Gasteiger charge is -2.22. The Morgan fingerprint density at radius 1 is 1.23 bits per heavy atom.